The molecule has 0 radical (unpaired) electrons. The van der Waals surface area contributed by atoms with Crippen LogP contribution in [-0.2, 0) is 6.18 Å². The van der Waals surface area contributed by atoms with Crippen molar-refractivity contribution in [3.8, 4) is 5.75 Å². The molecule has 138 valence electrons. The molecule has 0 aromatic heterocycles. The van der Waals surface area contributed by atoms with E-state index in [1.807, 2.05) is 6.92 Å². The zero-order valence-corrected chi connectivity index (χ0v) is 15.0. The van der Waals surface area contributed by atoms with Crippen molar-refractivity contribution in [2.45, 2.75) is 25.6 Å². The van der Waals surface area contributed by atoms with Crippen molar-refractivity contribution in [1.29, 1.82) is 0 Å². The van der Waals surface area contributed by atoms with Gasteiger partial charge in [0.1, 0.15) is 5.75 Å². The molecule has 1 amide bonds. The second-order valence-corrected chi connectivity index (χ2v) is 5.21. The number of benzene rings is 1. The van der Waals surface area contributed by atoms with Crippen molar-refractivity contribution >= 4 is 30.7 Å². The number of halogens is 5. The number of alkyl halides is 3. The number of carbonyl (C=O) groups excluding carboxylic acids is 1. The Morgan fingerprint density at radius 2 is 2.00 bits per heavy atom. The fourth-order valence-electron chi connectivity index (χ4n) is 2.56. The summed E-state index contributed by atoms with van der Waals surface area (Å²) in [6.45, 7) is 3.72. The normalized spacial score (nSPS) is 17.5. The summed E-state index contributed by atoms with van der Waals surface area (Å²) in [7, 11) is 1.28. The molecule has 0 aliphatic carbocycles. The summed E-state index contributed by atoms with van der Waals surface area (Å²) in [6, 6.07) is 3.12. The lowest BCUT2D eigenvalue weighted by Crippen LogP contribution is -2.53. The molecule has 4 nitrogen and oxygen atoms in total. The maximum absolute atomic E-state index is 12.9. The quantitative estimate of drug-likeness (QED) is 0.862. The minimum atomic E-state index is -4.52. The molecular formula is C15H21Cl2F3N2O2. The largest absolute Gasteiger partial charge is 0.497 e. The molecule has 1 N–H and O–H groups in total. The molecule has 1 atom stereocenters. The zero-order chi connectivity index (χ0) is 16.3. The molecule has 9 heteroatoms. The zero-order valence-electron chi connectivity index (χ0n) is 13.4. The Kier molecular flexibility index (Phi) is 8.88. The highest BCUT2D eigenvalue weighted by Crippen LogP contribution is 2.33. The first-order valence-corrected chi connectivity index (χ1v) is 7.14. The van der Waals surface area contributed by atoms with E-state index in [2.05, 4.69) is 5.32 Å². The van der Waals surface area contributed by atoms with Gasteiger partial charge < -0.3 is 15.0 Å². The predicted molar refractivity (Wildman–Crippen MR) is 90.5 cm³/mol. The molecule has 0 bridgehead atoms. The number of carbonyl (C=O) groups is 1. The molecule has 2 rings (SSSR count). The SMILES string of the molecule is CCC1CNCCN1C(=O)c1cc(OC)cc(C(F)(F)F)c1.Cl.Cl. The molecule has 1 heterocycles. The van der Waals surface area contributed by atoms with Crippen LogP contribution >= 0.6 is 24.8 Å². The molecule has 1 aliphatic rings. The molecule has 24 heavy (non-hydrogen) atoms. The number of ether oxygens (including phenoxy) is 1. The van der Waals surface area contributed by atoms with Crippen LogP contribution in [0.4, 0.5) is 13.2 Å². The smallest absolute Gasteiger partial charge is 0.416 e. The molecule has 1 aromatic carbocycles. The van der Waals surface area contributed by atoms with E-state index in [-0.39, 0.29) is 42.2 Å². The fourth-order valence-corrected chi connectivity index (χ4v) is 2.56. The van der Waals surface area contributed by atoms with Crippen molar-refractivity contribution in [3.05, 3.63) is 29.3 Å². The summed E-state index contributed by atoms with van der Waals surface area (Å²) in [5, 5.41) is 3.18. The van der Waals surface area contributed by atoms with Gasteiger partial charge in [-0.05, 0) is 24.6 Å². The third kappa shape index (κ3) is 5.16. The second kappa shape index (κ2) is 9.34. The lowest BCUT2D eigenvalue weighted by molar-refractivity contribution is -0.137. The van der Waals surface area contributed by atoms with E-state index < -0.39 is 17.6 Å². The van der Waals surface area contributed by atoms with E-state index in [0.29, 0.717) is 19.6 Å². The highest BCUT2D eigenvalue weighted by atomic mass is 35.5. The highest BCUT2D eigenvalue weighted by Gasteiger charge is 2.33. The van der Waals surface area contributed by atoms with E-state index in [1.165, 1.54) is 13.2 Å². The van der Waals surface area contributed by atoms with Gasteiger partial charge in [-0.1, -0.05) is 6.92 Å². The van der Waals surface area contributed by atoms with Crippen LogP contribution in [0, 0.1) is 0 Å². The first-order chi connectivity index (χ1) is 10.4. The van der Waals surface area contributed by atoms with Gasteiger partial charge in [-0.2, -0.15) is 13.2 Å². The van der Waals surface area contributed by atoms with Crippen molar-refractivity contribution in [2.75, 3.05) is 26.7 Å². The first kappa shape index (κ1) is 22.8. The van der Waals surface area contributed by atoms with Crippen LogP contribution in [-0.4, -0.2) is 43.6 Å². The molecule has 1 aliphatic heterocycles. The van der Waals surface area contributed by atoms with E-state index >= 15 is 0 Å². The molecular weight excluding hydrogens is 368 g/mol. The van der Waals surface area contributed by atoms with E-state index in [0.717, 1.165) is 18.6 Å². The number of hydrogen-bond donors (Lipinski definition) is 1. The van der Waals surface area contributed by atoms with Crippen LogP contribution in [0.3, 0.4) is 0 Å². The standard InChI is InChI=1S/C15H19F3N2O2.2ClH/c1-3-12-9-19-4-5-20(12)14(21)10-6-11(15(16,17)18)8-13(7-10)22-2;;/h6-8,12,19H,3-5,9H2,1-2H3;2*1H. The van der Waals surface area contributed by atoms with Crippen molar-refractivity contribution in [2.24, 2.45) is 0 Å². The number of nitrogens with zero attached hydrogens (tertiary/aromatic N) is 1. The van der Waals surface area contributed by atoms with Crippen LogP contribution in [0.5, 0.6) is 5.75 Å². The summed E-state index contributed by atoms with van der Waals surface area (Å²) in [4.78, 5) is 14.2. The molecule has 0 saturated carbocycles. The van der Waals surface area contributed by atoms with Gasteiger partial charge in [-0.3, -0.25) is 4.79 Å². The van der Waals surface area contributed by atoms with Crippen LogP contribution < -0.4 is 10.1 Å². The van der Waals surface area contributed by atoms with Gasteiger partial charge in [-0.15, -0.1) is 24.8 Å². The minimum Gasteiger partial charge on any atom is -0.497 e. The van der Waals surface area contributed by atoms with Gasteiger partial charge in [0.25, 0.3) is 5.91 Å². The Morgan fingerprint density at radius 1 is 1.33 bits per heavy atom. The summed E-state index contributed by atoms with van der Waals surface area (Å²) >= 11 is 0. The maximum atomic E-state index is 12.9. The van der Waals surface area contributed by atoms with Gasteiger partial charge in [0.15, 0.2) is 0 Å². The van der Waals surface area contributed by atoms with Crippen molar-refractivity contribution in [1.82, 2.24) is 10.2 Å². The van der Waals surface area contributed by atoms with Crippen LogP contribution in [0.1, 0.15) is 29.3 Å². The maximum Gasteiger partial charge on any atom is 0.416 e. The lowest BCUT2D eigenvalue weighted by atomic mass is 10.1. The first-order valence-electron chi connectivity index (χ1n) is 7.14. The second-order valence-electron chi connectivity index (χ2n) is 5.21. The Morgan fingerprint density at radius 3 is 2.54 bits per heavy atom. The summed E-state index contributed by atoms with van der Waals surface area (Å²) in [5.74, 6) is -0.362. The van der Waals surface area contributed by atoms with Gasteiger partial charge in [0.05, 0.1) is 12.7 Å². The number of amides is 1. The Hall–Kier alpha value is -1.18. The number of piperazine rings is 1. The molecule has 1 saturated heterocycles. The molecule has 1 unspecified atom stereocenters. The predicted octanol–water partition coefficient (Wildman–Crippen LogP) is 3.38. The van der Waals surface area contributed by atoms with Gasteiger partial charge >= 0.3 is 6.18 Å². The number of nitrogens with one attached hydrogen (secondary N) is 1. The Labute approximate surface area is 151 Å². The topological polar surface area (TPSA) is 41.6 Å². The monoisotopic (exact) mass is 388 g/mol. The highest BCUT2D eigenvalue weighted by molar-refractivity contribution is 5.95. The minimum absolute atomic E-state index is 0. The third-order valence-electron chi connectivity index (χ3n) is 3.80. The van der Waals surface area contributed by atoms with Crippen molar-refractivity contribution in [3.63, 3.8) is 0 Å². The van der Waals surface area contributed by atoms with Gasteiger partial charge in [0, 0.05) is 31.2 Å². The number of rotatable bonds is 3. The molecule has 1 fully saturated rings. The molecule has 1 aromatic rings. The van der Waals surface area contributed by atoms with Crippen LogP contribution in [0.25, 0.3) is 0 Å². The summed E-state index contributed by atoms with van der Waals surface area (Å²) < 4.78 is 43.7. The fraction of sp³-hybridized carbons (Fsp3) is 0.533. The van der Waals surface area contributed by atoms with Crippen molar-refractivity contribution < 1.29 is 22.7 Å². The lowest BCUT2D eigenvalue weighted by Gasteiger charge is -2.36. The number of hydrogen-bond acceptors (Lipinski definition) is 3. The van der Waals surface area contributed by atoms with E-state index in [9.17, 15) is 18.0 Å². The Balaban J connectivity index is 0.00000264. The molecule has 0 spiro atoms. The van der Waals surface area contributed by atoms with Crippen LogP contribution in [0.15, 0.2) is 18.2 Å². The van der Waals surface area contributed by atoms with Gasteiger partial charge in [-0.25, -0.2) is 0 Å². The average molecular weight is 389 g/mol. The van der Waals surface area contributed by atoms with Gasteiger partial charge in [0.2, 0.25) is 0 Å². The third-order valence-corrected chi connectivity index (χ3v) is 3.80. The van der Waals surface area contributed by atoms with Crippen LogP contribution in [0.2, 0.25) is 0 Å². The van der Waals surface area contributed by atoms with E-state index in [4.69, 9.17) is 4.74 Å². The van der Waals surface area contributed by atoms with E-state index in [1.54, 1.807) is 4.90 Å². The number of methoxy groups -OCH3 is 1. The summed E-state index contributed by atoms with van der Waals surface area (Å²) in [5.41, 5.74) is -0.870. The Bertz CT molecular complexity index is 556. The summed E-state index contributed by atoms with van der Waals surface area (Å²) in [6.07, 6.45) is -3.77. The average Bonchev–Trinajstić information content (AvgIpc) is 2.52.